The van der Waals surface area contributed by atoms with Crippen LogP contribution in [0.4, 0.5) is 0 Å². The van der Waals surface area contributed by atoms with Crippen LogP contribution < -0.4 is 11.1 Å². The van der Waals surface area contributed by atoms with Gasteiger partial charge in [-0.05, 0) is 43.5 Å². The Morgan fingerprint density at radius 1 is 1.45 bits per heavy atom. The molecular weight excluding hydrogens is 278 g/mol. The van der Waals surface area contributed by atoms with E-state index in [2.05, 4.69) is 10.5 Å². The minimum Gasteiger partial charge on any atom is -0.409 e. The van der Waals surface area contributed by atoms with Crippen LogP contribution in [0.1, 0.15) is 42.6 Å². The van der Waals surface area contributed by atoms with Crippen molar-refractivity contribution in [2.45, 2.75) is 39.2 Å². The highest BCUT2D eigenvalue weighted by molar-refractivity contribution is 6.30. The molecule has 0 aliphatic carbocycles. The van der Waals surface area contributed by atoms with Gasteiger partial charge >= 0.3 is 0 Å². The highest BCUT2D eigenvalue weighted by Gasteiger charge is 2.33. The first-order valence-corrected chi connectivity index (χ1v) is 6.84. The minimum atomic E-state index is -0.849. The predicted octanol–water partition coefficient (Wildman–Crippen LogP) is 2.68. The lowest BCUT2D eigenvalue weighted by Gasteiger charge is -2.31. The van der Waals surface area contributed by atoms with Gasteiger partial charge in [-0.25, -0.2) is 0 Å². The van der Waals surface area contributed by atoms with Gasteiger partial charge in [-0.1, -0.05) is 30.6 Å². The van der Waals surface area contributed by atoms with Crippen LogP contribution in [0.25, 0.3) is 0 Å². The topological polar surface area (TPSA) is 87.7 Å². The lowest BCUT2D eigenvalue weighted by molar-refractivity contribution is 0.0917. The molecule has 0 radical (unpaired) electrons. The van der Waals surface area contributed by atoms with E-state index in [-0.39, 0.29) is 11.7 Å². The SMILES string of the molecule is CCC(CC)(NC(=O)c1ccc(Cl)cc1C)/C(N)=N/O. The van der Waals surface area contributed by atoms with Gasteiger partial charge in [0.15, 0.2) is 5.84 Å². The van der Waals surface area contributed by atoms with Crippen LogP contribution in [0.2, 0.25) is 5.02 Å². The molecule has 0 unspecified atom stereocenters. The molecule has 0 fully saturated rings. The molecule has 6 heteroatoms. The summed E-state index contributed by atoms with van der Waals surface area (Å²) in [7, 11) is 0. The fourth-order valence-electron chi connectivity index (χ4n) is 2.12. The summed E-state index contributed by atoms with van der Waals surface area (Å²) < 4.78 is 0. The monoisotopic (exact) mass is 297 g/mol. The number of nitrogens with one attached hydrogen (secondary N) is 1. The third-order valence-corrected chi connectivity index (χ3v) is 3.83. The molecule has 1 aromatic rings. The molecule has 0 aliphatic heterocycles. The van der Waals surface area contributed by atoms with Crippen molar-refractivity contribution >= 4 is 23.3 Å². The molecule has 5 nitrogen and oxygen atoms in total. The van der Waals surface area contributed by atoms with Crippen molar-refractivity contribution in [2.24, 2.45) is 10.9 Å². The number of benzene rings is 1. The zero-order valence-electron chi connectivity index (χ0n) is 11.9. The molecule has 0 spiro atoms. The molecule has 0 saturated heterocycles. The number of amidine groups is 1. The van der Waals surface area contributed by atoms with Gasteiger partial charge in [0.2, 0.25) is 0 Å². The number of nitrogens with zero attached hydrogens (tertiary/aromatic N) is 1. The zero-order chi connectivity index (χ0) is 15.3. The largest absolute Gasteiger partial charge is 0.409 e. The Kier molecular flexibility index (Phi) is 5.39. The molecule has 110 valence electrons. The van der Waals surface area contributed by atoms with E-state index >= 15 is 0 Å². The molecular formula is C14H20ClN3O2. The molecule has 0 aromatic heterocycles. The number of rotatable bonds is 5. The standard InChI is InChI=1S/C14H20ClN3O2/c1-4-14(5-2,13(16)18-20)17-12(19)11-7-6-10(15)8-9(11)3/h6-8,20H,4-5H2,1-3H3,(H2,16,18)(H,17,19). The van der Waals surface area contributed by atoms with Crippen molar-refractivity contribution < 1.29 is 10.0 Å². The Balaban J connectivity index is 3.09. The summed E-state index contributed by atoms with van der Waals surface area (Å²) in [5.41, 5.74) is 6.17. The summed E-state index contributed by atoms with van der Waals surface area (Å²) in [6.07, 6.45) is 1.05. The summed E-state index contributed by atoms with van der Waals surface area (Å²) in [5, 5.41) is 15.4. The van der Waals surface area contributed by atoms with Crippen molar-refractivity contribution in [3.8, 4) is 0 Å². The molecule has 1 rings (SSSR count). The van der Waals surface area contributed by atoms with Gasteiger partial charge in [-0.3, -0.25) is 4.79 Å². The quantitative estimate of drug-likeness (QED) is 0.338. The molecule has 0 heterocycles. The molecule has 1 aromatic carbocycles. The van der Waals surface area contributed by atoms with Crippen LogP contribution in [0, 0.1) is 6.92 Å². The number of oxime groups is 1. The fraction of sp³-hybridized carbons (Fsp3) is 0.429. The van der Waals surface area contributed by atoms with E-state index in [1.165, 1.54) is 0 Å². The third kappa shape index (κ3) is 3.22. The normalized spacial score (nSPS) is 12.3. The van der Waals surface area contributed by atoms with Gasteiger partial charge in [0.05, 0.1) is 0 Å². The van der Waals surface area contributed by atoms with E-state index in [4.69, 9.17) is 22.5 Å². The minimum absolute atomic E-state index is 0.00228. The number of aryl methyl sites for hydroxylation is 1. The zero-order valence-corrected chi connectivity index (χ0v) is 12.7. The summed E-state index contributed by atoms with van der Waals surface area (Å²) >= 11 is 5.88. The summed E-state index contributed by atoms with van der Waals surface area (Å²) in [4.78, 5) is 12.4. The number of amides is 1. The molecule has 0 aliphatic rings. The Labute approximate surface area is 123 Å². The lowest BCUT2D eigenvalue weighted by Crippen LogP contribution is -2.57. The third-order valence-electron chi connectivity index (χ3n) is 3.59. The number of carbonyl (C=O) groups excluding carboxylic acids is 1. The van der Waals surface area contributed by atoms with Gasteiger partial charge in [-0.15, -0.1) is 0 Å². The average molecular weight is 298 g/mol. The van der Waals surface area contributed by atoms with Gasteiger partial charge in [-0.2, -0.15) is 0 Å². The maximum absolute atomic E-state index is 12.4. The number of nitrogens with two attached hydrogens (primary N) is 1. The average Bonchev–Trinajstić information content (AvgIpc) is 2.43. The number of hydrogen-bond acceptors (Lipinski definition) is 3. The highest BCUT2D eigenvalue weighted by atomic mass is 35.5. The van der Waals surface area contributed by atoms with E-state index in [1.807, 2.05) is 20.8 Å². The Morgan fingerprint density at radius 3 is 2.50 bits per heavy atom. The number of hydrogen-bond donors (Lipinski definition) is 3. The van der Waals surface area contributed by atoms with E-state index in [1.54, 1.807) is 18.2 Å². The summed E-state index contributed by atoms with van der Waals surface area (Å²) in [6, 6.07) is 5.04. The Bertz CT molecular complexity index is 525. The van der Waals surface area contributed by atoms with Crippen LogP contribution in [0.15, 0.2) is 23.4 Å². The summed E-state index contributed by atoms with van der Waals surface area (Å²) in [6.45, 7) is 5.55. The van der Waals surface area contributed by atoms with Gasteiger partial charge < -0.3 is 16.3 Å². The van der Waals surface area contributed by atoms with Gasteiger partial charge in [0.25, 0.3) is 5.91 Å². The second-order valence-corrected chi connectivity index (χ2v) is 5.12. The first-order valence-electron chi connectivity index (χ1n) is 6.46. The van der Waals surface area contributed by atoms with Gasteiger partial charge in [0.1, 0.15) is 5.54 Å². The first-order chi connectivity index (χ1) is 9.40. The maximum Gasteiger partial charge on any atom is 0.252 e. The van der Waals surface area contributed by atoms with E-state index in [9.17, 15) is 4.79 Å². The molecule has 20 heavy (non-hydrogen) atoms. The van der Waals surface area contributed by atoms with Crippen LogP contribution in [-0.2, 0) is 0 Å². The molecule has 0 saturated carbocycles. The smallest absolute Gasteiger partial charge is 0.252 e. The fourth-order valence-corrected chi connectivity index (χ4v) is 2.34. The molecule has 0 bridgehead atoms. The Hall–Kier alpha value is -1.75. The summed E-state index contributed by atoms with van der Waals surface area (Å²) in [5.74, 6) is -0.267. The van der Waals surface area contributed by atoms with Crippen molar-refractivity contribution in [3.63, 3.8) is 0 Å². The van der Waals surface area contributed by atoms with Gasteiger partial charge in [0, 0.05) is 10.6 Å². The van der Waals surface area contributed by atoms with E-state index in [0.29, 0.717) is 23.4 Å². The first kappa shape index (κ1) is 16.3. The van der Waals surface area contributed by atoms with Crippen molar-refractivity contribution in [2.75, 3.05) is 0 Å². The van der Waals surface area contributed by atoms with Crippen molar-refractivity contribution in [1.29, 1.82) is 0 Å². The van der Waals surface area contributed by atoms with E-state index in [0.717, 1.165) is 5.56 Å². The predicted molar refractivity (Wildman–Crippen MR) is 80.4 cm³/mol. The number of halogens is 1. The van der Waals surface area contributed by atoms with Crippen molar-refractivity contribution in [1.82, 2.24) is 5.32 Å². The van der Waals surface area contributed by atoms with Crippen LogP contribution >= 0.6 is 11.6 Å². The van der Waals surface area contributed by atoms with E-state index < -0.39 is 5.54 Å². The van der Waals surface area contributed by atoms with Crippen LogP contribution in [-0.4, -0.2) is 22.5 Å². The second-order valence-electron chi connectivity index (χ2n) is 4.69. The Morgan fingerprint density at radius 2 is 2.05 bits per heavy atom. The van der Waals surface area contributed by atoms with Crippen LogP contribution in [0.5, 0.6) is 0 Å². The van der Waals surface area contributed by atoms with Crippen molar-refractivity contribution in [3.05, 3.63) is 34.3 Å². The van der Waals surface area contributed by atoms with Crippen LogP contribution in [0.3, 0.4) is 0 Å². The highest BCUT2D eigenvalue weighted by Crippen LogP contribution is 2.19. The molecule has 1 amide bonds. The second kappa shape index (κ2) is 6.61. The molecule has 4 N–H and O–H groups in total. The maximum atomic E-state index is 12.4. The molecule has 0 atom stereocenters. The number of carbonyl (C=O) groups is 1. The lowest BCUT2D eigenvalue weighted by atomic mass is 9.90.